The summed E-state index contributed by atoms with van der Waals surface area (Å²) in [4.78, 5) is 0. The highest BCUT2D eigenvalue weighted by molar-refractivity contribution is 5.78. The molecule has 0 bridgehead atoms. The minimum absolute atomic E-state index is 0.403. The van der Waals surface area contributed by atoms with Gasteiger partial charge in [0, 0.05) is 12.8 Å². The van der Waals surface area contributed by atoms with Crippen LogP contribution in [-0.2, 0) is 11.2 Å². The highest BCUT2D eigenvalue weighted by Crippen LogP contribution is 2.42. The van der Waals surface area contributed by atoms with Crippen molar-refractivity contribution in [1.29, 1.82) is 0 Å². The van der Waals surface area contributed by atoms with Gasteiger partial charge in [-0.2, -0.15) is 0 Å². The van der Waals surface area contributed by atoms with Crippen LogP contribution in [0.15, 0.2) is 109 Å². The number of rotatable bonds is 4. The van der Waals surface area contributed by atoms with Crippen molar-refractivity contribution in [2.45, 2.75) is 24.0 Å². The first kappa shape index (κ1) is 22.5. The zero-order valence-corrected chi connectivity index (χ0v) is 20.0. The maximum atomic E-state index is 12.2. The molecule has 176 valence electrons. The van der Waals surface area contributed by atoms with Gasteiger partial charge < -0.3 is 10.2 Å². The highest BCUT2D eigenvalue weighted by Gasteiger charge is 2.36. The molecule has 0 fully saturated rings. The van der Waals surface area contributed by atoms with Crippen molar-refractivity contribution in [3.63, 3.8) is 0 Å². The molecule has 0 amide bonds. The average Bonchev–Trinajstić information content (AvgIpc) is 3.13. The van der Waals surface area contributed by atoms with Crippen molar-refractivity contribution in [3.8, 4) is 0 Å². The topological polar surface area (TPSA) is 40.5 Å². The largest absolute Gasteiger partial charge is 0.380 e. The van der Waals surface area contributed by atoms with Crippen LogP contribution in [0.1, 0.15) is 57.3 Å². The maximum Gasteiger partial charge on any atom is 0.119 e. The fourth-order valence-corrected chi connectivity index (χ4v) is 5.67. The lowest BCUT2D eigenvalue weighted by atomic mass is 9.79. The summed E-state index contributed by atoms with van der Waals surface area (Å²) in [6.45, 7) is 0. The first-order chi connectivity index (χ1) is 17.6. The van der Waals surface area contributed by atoms with Crippen LogP contribution in [0, 0.1) is 0 Å². The third kappa shape index (κ3) is 3.67. The first-order valence-corrected chi connectivity index (χ1v) is 12.4. The van der Waals surface area contributed by atoms with Crippen LogP contribution in [0.4, 0.5) is 0 Å². The van der Waals surface area contributed by atoms with E-state index in [1.54, 1.807) is 0 Å². The molecule has 4 aromatic carbocycles. The first-order valence-electron chi connectivity index (χ1n) is 12.4. The lowest BCUT2D eigenvalue weighted by molar-refractivity contribution is 0.0793. The second kappa shape index (κ2) is 8.91. The molecular weight excluding hydrogens is 440 g/mol. The lowest BCUT2D eigenvalue weighted by Gasteiger charge is -2.31. The highest BCUT2D eigenvalue weighted by atomic mass is 16.3. The van der Waals surface area contributed by atoms with Crippen LogP contribution < -0.4 is 0 Å². The predicted octanol–water partition coefficient (Wildman–Crippen LogP) is 7.16. The molecule has 0 heterocycles. The van der Waals surface area contributed by atoms with E-state index in [-0.39, 0.29) is 0 Å². The molecule has 2 aliphatic rings. The van der Waals surface area contributed by atoms with Crippen LogP contribution in [0.5, 0.6) is 0 Å². The predicted molar refractivity (Wildman–Crippen MR) is 148 cm³/mol. The van der Waals surface area contributed by atoms with Crippen molar-refractivity contribution >= 4 is 24.3 Å². The molecule has 36 heavy (non-hydrogen) atoms. The Bertz CT molecular complexity index is 1310. The molecule has 2 aliphatic carbocycles. The van der Waals surface area contributed by atoms with Crippen molar-refractivity contribution in [1.82, 2.24) is 0 Å². The second-order valence-corrected chi connectivity index (χ2v) is 9.62. The van der Waals surface area contributed by atoms with Gasteiger partial charge in [-0.3, -0.25) is 0 Å². The van der Waals surface area contributed by atoms with Gasteiger partial charge in [-0.25, -0.2) is 0 Å². The summed E-state index contributed by atoms with van der Waals surface area (Å²) in [6.07, 6.45) is 13.1. The summed E-state index contributed by atoms with van der Waals surface area (Å²) in [6, 6.07) is 32.1. The van der Waals surface area contributed by atoms with Gasteiger partial charge in [0.1, 0.15) is 11.2 Å². The van der Waals surface area contributed by atoms with Crippen LogP contribution in [0.2, 0.25) is 0 Å². The number of hydrogen-bond acceptors (Lipinski definition) is 2. The Morgan fingerprint density at radius 2 is 0.667 bits per heavy atom. The molecule has 2 heteroatoms. The van der Waals surface area contributed by atoms with E-state index < -0.39 is 11.2 Å². The van der Waals surface area contributed by atoms with E-state index in [1.165, 1.54) is 0 Å². The quantitative estimate of drug-likeness (QED) is 0.312. The van der Waals surface area contributed by atoms with Gasteiger partial charge in [-0.05, 0) is 44.5 Å². The van der Waals surface area contributed by atoms with Crippen LogP contribution in [0.25, 0.3) is 24.3 Å². The Labute approximate surface area is 212 Å². The van der Waals surface area contributed by atoms with Gasteiger partial charge in [0.25, 0.3) is 0 Å². The molecule has 0 spiro atoms. The summed E-state index contributed by atoms with van der Waals surface area (Å²) in [7, 11) is 0. The molecule has 0 unspecified atom stereocenters. The molecule has 6 rings (SSSR count). The Kier molecular flexibility index (Phi) is 5.56. The second-order valence-electron chi connectivity index (χ2n) is 9.62. The molecular formula is C34H28O2. The minimum atomic E-state index is -1.17. The van der Waals surface area contributed by atoms with Crippen molar-refractivity contribution in [3.05, 3.63) is 154 Å². The summed E-state index contributed by atoms with van der Waals surface area (Å²) in [5, 5.41) is 24.3. The van der Waals surface area contributed by atoms with E-state index in [1.807, 2.05) is 109 Å². The molecule has 0 radical (unpaired) electrons. The van der Waals surface area contributed by atoms with E-state index in [0.717, 1.165) is 44.5 Å². The monoisotopic (exact) mass is 468 g/mol. The van der Waals surface area contributed by atoms with Gasteiger partial charge in [0.15, 0.2) is 0 Å². The van der Waals surface area contributed by atoms with E-state index >= 15 is 0 Å². The molecule has 0 saturated carbocycles. The molecule has 2 N–H and O–H groups in total. The van der Waals surface area contributed by atoms with E-state index in [9.17, 15) is 10.2 Å². The van der Waals surface area contributed by atoms with Gasteiger partial charge in [-0.1, -0.05) is 134 Å². The standard InChI is InChI=1S/C34H28O2/c35-33(29-15-5-1-11-25(29)19-20-26-12-2-6-16-30(26)33)23-9-10-24-34(36)31-17-7-3-13-27(31)21-22-28-14-4-8-18-32(28)34/h1-22,35-36H,23-24H2/b10-9+. The Balaban J connectivity index is 1.37. The fraction of sp³-hybridized carbons (Fsp3) is 0.118. The van der Waals surface area contributed by atoms with Gasteiger partial charge in [-0.15, -0.1) is 0 Å². The molecule has 4 aromatic rings. The summed E-state index contributed by atoms with van der Waals surface area (Å²) >= 11 is 0. The third-order valence-electron chi connectivity index (χ3n) is 7.50. The van der Waals surface area contributed by atoms with Gasteiger partial charge in [0.2, 0.25) is 0 Å². The van der Waals surface area contributed by atoms with Crippen LogP contribution in [0.3, 0.4) is 0 Å². The zero-order valence-electron chi connectivity index (χ0n) is 20.0. The minimum Gasteiger partial charge on any atom is -0.380 e. The number of hydrogen-bond donors (Lipinski definition) is 2. The molecule has 0 saturated heterocycles. The molecule has 0 aliphatic heterocycles. The molecule has 0 atom stereocenters. The van der Waals surface area contributed by atoms with Crippen molar-refractivity contribution in [2.75, 3.05) is 0 Å². The van der Waals surface area contributed by atoms with E-state index in [0.29, 0.717) is 12.8 Å². The smallest absolute Gasteiger partial charge is 0.119 e. The van der Waals surface area contributed by atoms with Crippen LogP contribution in [-0.4, -0.2) is 10.2 Å². The summed E-state index contributed by atoms with van der Waals surface area (Å²) < 4.78 is 0. The molecule has 2 nitrogen and oxygen atoms in total. The Morgan fingerprint density at radius 3 is 0.944 bits per heavy atom. The van der Waals surface area contributed by atoms with Crippen molar-refractivity contribution in [2.24, 2.45) is 0 Å². The fourth-order valence-electron chi connectivity index (χ4n) is 5.67. The van der Waals surface area contributed by atoms with Crippen molar-refractivity contribution < 1.29 is 10.2 Å². The number of aliphatic hydroxyl groups is 2. The SMILES string of the molecule is OC1(C/C=C/CC2(O)c3ccccc3C=Cc3ccccc32)c2ccccc2C=Cc2ccccc21. The van der Waals surface area contributed by atoms with Gasteiger partial charge >= 0.3 is 0 Å². The molecule has 0 aromatic heterocycles. The third-order valence-corrected chi connectivity index (χ3v) is 7.50. The number of benzene rings is 4. The van der Waals surface area contributed by atoms with E-state index in [2.05, 4.69) is 24.3 Å². The van der Waals surface area contributed by atoms with Crippen LogP contribution >= 0.6 is 0 Å². The Hall–Kier alpha value is -3.98. The maximum absolute atomic E-state index is 12.2. The van der Waals surface area contributed by atoms with Gasteiger partial charge in [0.05, 0.1) is 0 Å². The zero-order chi connectivity index (χ0) is 24.6. The normalized spacial score (nSPS) is 16.4. The lowest BCUT2D eigenvalue weighted by Crippen LogP contribution is -2.29. The number of fused-ring (bicyclic) bond motifs is 4. The average molecular weight is 469 g/mol. The summed E-state index contributed by atoms with van der Waals surface area (Å²) in [5.74, 6) is 0. The Morgan fingerprint density at radius 1 is 0.417 bits per heavy atom. The summed E-state index contributed by atoms with van der Waals surface area (Å²) in [5.41, 5.74) is 5.29. The van der Waals surface area contributed by atoms with E-state index in [4.69, 9.17) is 0 Å².